The van der Waals surface area contributed by atoms with Crippen LogP contribution in [0.5, 0.6) is 0 Å². The summed E-state index contributed by atoms with van der Waals surface area (Å²) in [6.45, 7) is 11.1. The molecular formula is C21H33N3O5S. The van der Waals surface area contributed by atoms with Gasteiger partial charge in [0.15, 0.2) is 9.84 Å². The van der Waals surface area contributed by atoms with Crippen molar-refractivity contribution in [3.05, 3.63) is 29.8 Å². The second-order valence-corrected chi connectivity index (χ2v) is 10.6. The van der Waals surface area contributed by atoms with Gasteiger partial charge in [-0.25, -0.2) is 13.2 Å². The molecule has 1 aliphatic heterocycles. The third kappa shape index (κ3) is 6.98. The zero-order valence-corrected chi connectivity index (χ0v) is 19.1. The first-order chi connectivity index (χ1) is 14.0. The minimum atomic E-state index is -3.46. The van der Waals surface area contributed by atoms with Crippen molar-refractivity contribution in [3.8, 4) is 0 Å². The van der Waals surface area contributed by atoms with Crippen LogP contribution in [0.1, 0.15) is 44.5 Å². The van der Waals surface area contributed by atoms with Gasteiger partial charge in [-0.2, -0.15) is 0 Å². The van der Waals surface area contributed by atoms with Crippen LogP contribution in [0.4, 0.5) is 4.79 Å². The number of carbonyl (C=O) groups excluding carboxylic acids is 2. The molecule has 1 aliphatic rings. The molecule has 1 saturated heterocycles. The molecule has 0 unspecified atom stereocenters. The van der Waals surface area contributed by atoms with Gasteiger partial charge in [0.25, 0.3) is 5.91 Å². The number of sulfone groups is 1. The molecule has 0 radical (unpaired) electrons. The fourth-order valence-electron chi connectivity index (χ4n) is 3.16. The first-order valence-corrected chi connectivity index (χ1v) is 12.0. The monoisotopic (exact) mass is 439 g/mol. The number of ether oxygens (including phenoxy) is 1. The van der Waals surface area contributed by atoms with Gasteiger partial charge in [0.2, 0.25) is 0 Å². The molecule has 0 saturated carbocycles. The van der Waals surface area contributed by atoms with Gasteiger partial charge in [-0.05, 0) is 45.9 Å². The Bertz CT molecular complexity index is 840. The zero-order chi connectivity index (χ0) is 22.4. The molecule has 0 aliphatic carbocycles. The van der Waals surface area contributed by atoms with E-state index in [1.165, 1.54) is 12.1 Å². The van der Waals surface area contributed by atoms with Crippen molar-refractivity contribution in [2.75, 3.05) is 45.0 Å². The lowest BCUT2D eigenvalue weighted by molar-refractivity contribution is 0.0144. The smallest absolute Gasteiger partial charge is 0.410 e. The van der Waals surface area contributed by atoms with Gasteiger partial charge in [-0.1, -0.05) is 19.1 Å². The number of nitrogens with one attached hydrogen (secondary N) is 1. The Balaban J connectivity index is 1.76. The summed E-state index contributed by atoms with van der Waals surface area (Å²) >= 11 is 0. The molecule has 0 spiro atoms. The van der Waals surface area contributed by atoms with Crippen molar-refractivity contribution >= 4 is 21.8 Å². The number of carbonyl (C=O) groups is 2. The highest BCUT2D eigenvalue weighted by molar-refractivity contribution is 7.91. The second-order valence-electron chi connectivity index (χ2n) is 8.32. The number of hydrogen-bond acceptors (Lipinski definition) is 6. The van der Waals surface area contributed by atoms with E-state index in [0.717, 1.165) is 26.1 Å². The molecule has 2 amide bonds. The van der Waals surface area contributed by atoms with Gasteiger partial charge in [0.1, 0.15) is 5.60 Å². The standard InChI is InChI=1S/C21H33N3O5S/c1-5-30(27,28)18-10-7-6-9-17(18)19(25)22-11-8-12-23-13-15-24(16-14-23)20(26)29-21(2,3)4/h6-7,9-10H,5,8,11-16H2,1-4H3,(H,22,25). The minimum absolute atomic E-state index is 0.0490. The Kier molecular flexibility index (Phi) is 8.25. The third-order valence-corrected chi connectivity index (χ3v) is 6.59. The number of benzene rings is 1. The lowest BCUT2D eigenvalue weighted by Crippen LogP contribution is -2.50. The summed E-state index contributed by atoms with van der Waals surface area (Å²) in [4.78, 5) is 28.6. The Morgan fingerprint density at radius 3 is 2.33 bits per heavy atom. The van der Waals surface area contributed by atoms with E-state index < -0.39 is 15.4 Å². The van der Waals surface area contributed by atoms with Gasteiger partial charge >= 0.3 is 6.09 Å². The molecule has 8 nitrogen and oxygen atoms in total. The van der Waals surface area contributed by atoms with E-state index in [4.69, 9.17) is 4.74 Å². The van der Waals surface area contributed by atoms with Gasteiger partial charge < -0.3 is 15.0 Å². The van der Waals surface area contributed by atoms with Crippen LogP contribution in [0.15, 0.2) is 29.2 Å². The van der Waals surface area contributed by atoms with Gasteiger partial charge in [0, 0.05) is 32.7 Å². The molecule has 168 valence electrons. The predicted octanol–water partition coefficient (Wildman–Crippen LogP) is 2.15. The number of hydrogen-bond donors (Lipinski definition) is 1. The normalized spacial score (nSPS) is 15.7. The van der Waals surface area contributed by atoms with Crippen molar-refractivity contribution in [1.29, 1.82) is 0 Å². The van der Waals surface area contributed by atoms with Crippen molar-refractivity contribution in [2.24, 2.45) is 0 Å². The molecule has 30 heavy (non-hydrogen) atoms. The Labute approximate surface area is 179 Å². The highest BCUT2D eigenvalue weighted by Gasteiger charge is 2.25. The maximum absolute atomic E-state index is 12.5. The fourth-order valence-corrected chi connectivity index (χ4v) is 4.25. The minimum Gasteiger partial charge on any atom is -0.444 e. The second kappa shape index (κ2) is 10.3. The maximum Gasteiger partial charge on any atom is 0.410 e. The third-order valence-electron chi connectivity index (χ3n) is 4.81. The first kappa shape index (κ1) is 24.1. The van der Waals surface area contributed by atoms with Gasteiger partial charge in [-0.3, -0.25) is 9.69 Å². The predicted molar refractivity (Wildman–Crippen MR) is 115 cm³/mol. The Morgan fingerprint density at radius 2 is 1.73 bits per heavy atom. The fraction of sp³-hybridized carbons (Fsp3) is 0.619. The maximum atomic E-state index is 12.5. The lowest BCUT2D eigenvalue weighted by atomic mass is 10.2. The van der Waals surface area contributed by atoms with Crippen LogP contribution < -0.4 is 5.32 Å². The van der Waals surface area contributed by atoms with Crippen LogP contribution in [0, 0.1) is 0 Å². The van der Waals surface area contributed by atoms with E-state index in [1.54, 1.807) is 24.0 Å². The molecule has 0 atom stereocenters. The van der Waals surface area contributed by atoms with Crippen LogP contribution in [0.3, 0.4) is 0 Å². The van der Waals surface area contributed by atoms with Crippen LogP contribution in [-0.2, 0) is 14.6 Å². The molecule has 1 fully saturated rings. The van der Waals surface area contributed by atoms with E-state index >= 15 is 0 Å². The van der Waals surface area contributed by atoms with Crippen molar-refractivity contribution in [1.82, 2.24) is 15.1 Å². The van der Waals surface area contributed by atoms with Crippen molar-refractivity contribution in [2.45, 2.75) is 44.6 Å². The molecule has 1 heterocycles. The van der Waals surface area contributed by atoms with Gasteiger partial charge in [-0.15, -0.1) is 0 Å². The summed E-state index contributed by atoms with van der Waals surface area (Å²) in [6, 6.07) is 6.29. The number of piperazine rings is 1. The molecule has 0 aromatic heterocycles. The summed E-state index contributed by atoms with van der Waals surface area (Å²) in [5, 5.41) is 2.81. The molecular weight excluding hydrogens is 406 g/mol. The molecule has 0 bridgehead atoms. The van der Waals surface area contributed by atoms with E-state index in [1.807, 2.05) is 20.8 Å². The SMILES string of the molecule is CCS(=O)(=O)c1ccccc1C(=O)NCCCN1CCN(C(=O)OC(C)(C)C)CC1. The van der Waals surface area contributed by atoms with E-state index in [2.05, 4.69) is 10.2 Å². The highest BCUT2D eigenvalue weighted by atomic mass is 32.2. The molecule has 9 heteroatoms. The van der Waals surface area contributed by atoms with E-state index in [-0.39, 0.29) is 28.2 Å². The first-order valence-electron chi connectivity index (χ1n) is 10.3. The van der Waals surface area contributed by atoms with Gasteiger partial charge in [0.05, 0.1) is 16.2 Å². The van der Waals surface area contributed by atoms with Crippen molar-refractivity contribution < 1.29 is 22.7 Å². The molecule has 1 N–H and O–H groups in total. The Morgan fingerprint density at radius 1 is 1.10 bits per heavy atom. The van der Waals surface area contributed by atoms with E-state index in [0.29, 0.717) is 19.6 Å². The average molecular weight is 440 g/mol. The lowest BCUT2D eigenvalue weighted by Gasteiger charge is -2.35. The van der Waals surface area contributed by atoms with Crippen LogP contribution in [0.25, 0.3) is 0 Å². The average Bonchev–Trinajstić information content (AvgIpc) is 2.70. The summed E-state index contributed by atoms with van der Waals surface area (Å²) in [5.74, 6) is -0.426. The Hall–Kier alpha value is -2.13. The molecule has 1 aromatic carbocycles. The summed E-state index contributed by atoms with van der Waals surface area (Å²) in [6.07, 6.45) is 0.455. The van der Waals surface area contributed by atoms with Crippen molar-refractivity contribution in [3.63, 3.8) is 0 Å². The summed E-state index contributed by atoms with van der Waals surface area (Å²) in [7, 11) is -3.46. The molecule has 1 aromatic rings. The zero-order valence-electron chi connectivity index (χ0n) is 18.3. The number of amides is 2. The number of nitrogens with zero attached hydrogens (tertiary/aromatic N) is 2. The quantitative estimate of drug-likeness (QED) is 0.654. The summed E-state index contributed by atoms with van der Waals surface area (Å²) < 4.78 is 29.8. The molecule has 2 rings (SSSR count). The van der Waals surface area contributed by atoms with Crippen LogP contribution in [-0.4, -0.2) is 80.8 Å². The highest BCUT2D eigenvalue weighted by Crippen LogP contribution is 2.17. The summed E-state index contributed by atoms with van der Waals surface area (Å²) in [5.41, 5.74) is -0.313. The van der Waals surface area contributed by atoms with Crippen LogP contribution >= 0.6 is 0 Å². The van der Waals surface area contributed by atoms with Crippen LogP contribution in [0.2, 0.25) is 0 Å². The number of rotatable bonds is 7. The largest absolute Gasteiger partial charge is 0.444 e. The van der Waals surface area contributed by atoms with E-state index in [9.17, 15) is 18.0 Å². The topological polar surface area (TPSA) is 96.0 Å².